The number of rotatable bonds is 2. The Morgan fingerprint density at radius 1 is 1.30 bits per heavy atom. The molecule has 142 valence electrons. The molecule has 2 N–H and O–H groups in total. The van der Waals surface area contributed by atoms with E-state index in [9.17, 15) is 4.79 Å². The summed E-state index contributed by atoms with van der Waals surface area (Å²) in [4.78, 5) is 19.2. The van der Waals surface area contributed by atoms with Gasteiger partial charge in [0.15, 0.2) is 17.0 Å². The van der Waals surface area contributed by atoms with Gasteiger partial charge in [-0.3, -0.25) is 4.79 Å². The normalized spacial score (nSPS) is 18.7. The molecule has 0 atom stereocenters. The minimum absolute atomic E-state index is 0.0759. The van der Waals surface area contributed by atoms with Crippen molar-refractivity contribution in [3.05, 3.63) is 33.2 Å². The number of oxazole rings is 1. The van der Waals surface area contributed by atoms with E-state index in [0.717, 1.165) is 25.7 Å². The van der Waals surface area contributed by atoms with Crippen molar-refractivity contribution in [3.8, 4) is 0 Å². The third kappa shape index (κ3) is 2.56. The first-order valence-electron chi connectivity index (χ1n) is 9.29. The van der Waals surface area contributed by atoms with Crippen molar-refractivity contribution in [3.63, 3.8) is 0 Å². The number of hydrogen-bond acceptors (Lipinski definition) is 5. The van der Waals surface area contributed by atoms with E-state index in [2.05, 4.69) is 4.98 Å². The van der Waals surface area contributed by atoms with Gasteiger partial charge in [-0.2, -0.15) is 0 Å². The van der Waals surface area contributed by atoms with E-state index in [0.29, 0.717) is 41.2 Å². The summed E-state index contributed by atoms with van der Waals surface area (Å²) in [6, 6.07) is 1.63. The monoisotopic (exact) mass is 390 g/mol. The van der Waals surface area contributed by atoms with Crippen molar-refractivity contribution in [2.24, 2.45) is 5.73 Å². The van der Waals surface area contributed by atoms with Gasteiger partial charge in [0.25, 0.3) is 5.56 Å². The molecule has 6 nitrogen and oxygen atoms in total. The van der Waals surface area contributed by atoms with Gasteiger partial charge < -0.3 is 19.6 Å². The zero-order chi connectivity index (χ0) is 18.9. The molecule has 0 amide bonds. The Morgan fingerprint density at radius 2 is 2.00 bits per heavy atom. The fraction of sp³-hybridized carbons (Fsp3) is 0.474. The molecule has 0 bridgehead atoms. The van der Waals surface area contributed by atoms with Crippen LogP contribution in [0.5, 0.6) is 0 Å². The molecule has 5 rings (SSSR count). The zero-order valence-corrected chi connectivity index (χ0v) is 15.7. The van der Waals surface area contributed by atoms with E-state index in [1.165, 1.54) is 6.07 Å². The van der Waals surface area contributed by atoms with Crippen molar-refractivity contribution in [1.29, 1.82) is 0 Å². The first kappa shape index (κ1) is 17.0. The highest BCUT2D eigenvalue weighted by Gasteiger charge is 2.32. The fourth-order valence-electron chi connectivity index (χ4n) is 4.07. The SMILES string of the molecule is Cc1nc2c(=O)n(C3CC3)c3c(Cl)c(N4CCC(N)CC4)c(F)cc3c2o1. The summed E-state index contributed by atoms with van der Waals surface area (Å²) >= 11 is 6.74. The van der Waals surface area contributed by atoms with Crippen LogP contribution in [0.3, 0.4) is 0 Å². The standard InChI is InChI=1S/C19H20ClFN4O2/c1-9-23-15-18(27-9)12-8-13(21)17(24-6-4-10(22)5-7-24)14(20)16(12)25(19(15)26)11-2-3-11/h8,10-11H,2-7,22H2,1H3. The lowest BCUT2D eigenvalue weighted by Gasteiger charge is -2.33. The molecular weight excluding hydrogens is 371 g/mol. The smallest absolute Gasteiger partial charge is 0.281 e. The molecule has 3 aromatic rings. The van der Waals surface area contributed by atoms with Crippen LogP contribution < -0.4 is 16.2 Å². The minimum atomic E-state index is -0.417. The quantitative estimate of drug-likeness (QED) is 0.724. The van der Waals surface area contributed by atoms with E-state index >= 15 is 4.39 Å². The van der Waals surface area contributed by atoms with E-state index < -0.39 is 5.82 Å². The van der Waals surface area contributed by atoms with Crippen LogP contribution in [0, 0.1) is 12.7 Å². The second-order valence-corrected chi connectivity index (χ2v) is 7.94. The molecule has 0 spiro atoms. The van der Waals surface area contributed by atoms with Gasteiger partial charge in [0, 0.05) is 37.5 Å². The highest BCUT2D eigenvalue weighted by molar-refractivity contribution is 6.38. The summed E-state index contributed by atoms with van der Waals surface area (Å²) < 4.78 is 22.5. The summed E-state index contributed by atoms with van der Waals surface area (Å²) in [6.45, 7) is 2.96. The molecule has 2 fully saturated rings. The summed E-state index contributed by atoms with van der Waals surface area (Å²) in [7, 11) is 0. The Labute approximate surface area is 159 Å². The molecule has 8 heteroatoms. The minimum Gasteiger partial charge on any atom is -0.440 e. The lowest BCUT2D eigenvalue weighted by atomic mass is 10.0. The fourth-order valence-corrected chi connectivity index (χ4v) is 4.47. The maximum Gasteiger partial charge on any atom is 0.281 e. The number of nitrogens with two attached hydrogens (primary N) is 1. The van der Waals surface area contributed by atoms with Crippen LogP contribution >= 0.6 is 11.6 Å². The maximum absolute atomic E-state index is 15.1. The first-order chi connectivity index (χ1) is 13.0. The number of anilines is 1. The first-order valence-corrected chi connectivity index (χ1v) is 9.67. The van der Waals surface area contributed by atoms with E-state index in [1.54, 1.807) is 11.5 Å². The second-order valence-electron chi connectivity index (χ2n) is 7.56. The van der Waals surface area contributed by atoms with Crippen molar-refractivity contribution in [1.82, 2.24) is 9.55 Å². The summed E-state index contributed by atoms with van der Waals surface area (Å²) in [5.74, 6) is -0.0399. The third-order valence-electron chi connectivity index (χ3n) is 5.58. The van der Waals surface area contributed by atoms with Gasteiger partial charge >= 0.3 is 0 Å². The topological polar surface area (TPSA) is 77.3 Å². The number of hydrogen-bond donors (Lipinski definition) is 1. The average Bonchev–Trinajstić information content (AvgIpc) is 3.38. The largest absolute Gasteiger partial charge is 0.440 e. The zero-order valence-electron chi connectivity index (χ0n) is 15.0. The van der Waals surface area contributed by atoms with Crippen LogP contribution in [-0.4, -0.2) is 28.7 Å². The number of pyridine rings is 1. The highest BCUT2D eigenvalue weighted by Crippen LogP contribution is 2.43. The van der Waals surface area contributed by atoms with Crippen LogP contribution in [0.1, 0.15) is 37.6 Å². The van der Waals surface area contributed by atoms with Crippen molar-refractivity contribution < 1.29 is 8.81 Å². The number of benzene rings is 1. The van der Waals surface area contributed by atoms with Gasteiger partial charge in [-0.05, 0) is 31.7 Å². The Morgan fingerprint density at radius 3 is 2.67 bits per heavy atom. The number of aryl methyl sites for hydroxylation is 1. The molecule has 0 unspecified atom stereocenters. The van der Waals surface area contributed by atoms with E-state index in [-0.39, 0.29) is 28.2 Å². The van der Waals surface area contributed by atoms with Gasteiger partial charge in [-0.1, -0.05) is 11.6 Å². The van der Waals surface area contributed by atoms with E-state index in [1.807, 2.05) is 4.90 Å². The molecule has 1 saturated heterocycles. The summed E-state index contributed by atoms with van der Waals surface area (Å²) in [5.41, 5.74) is 7.18. The van der Waals surface area contributed by atoms with Crippen LogP contribution in [0.15, 0.2) is 15.3 Å². The van der Waals surface area contributed by atoms with Crippen LogP contribution in [0.2, 0.25) is 5.02 Å². The van der Waals surface area contributed by atoms with Crippen LogP contribution in [-0.2, 0) is 0 Å². The number of fused-ring (bicyclic) bond motifs is 3. The molecule has 0 radical (unpaired) electrons. The molecule has 1 aliphatic heterocycles. The Bertz CT molecular complexity index is 1130. The third-order valence-corrected chi connectivity index (χ3v) is 5.94. The molecule has 1 aliphatic carbocycles. The van der Waals surface area contributed by atoms with Gasteiger partial charge in [0.1, 0.15) is 5.82 Å². The Kier molecular flexibility index (Phi) is 3.74. The van der Waals surface area contributed by atoms with Gasteiger partial charge in [0.05, 0.1) is 16.2 Å². The van der Waals surface area contributed by atoms with Crippen LogP contribution in [0.25, 0.3) is 22.0 Å². The molecular formula is C19H20ClFN4O2. The van der Waals surface area contributed by atoms with Crippen LogP contribution in [0.4, 0.5) is 10.1 Å². The van der Waals surface area contributed by atoms with E-state index in [4.69, 9.17) is 21.8 Å². The molecule has 1 saturated carbocycles. The summed E-state index contributed by atoms with van der Waals surface area (Å²) in [5, 5.41) is 0.762. The number of halogens is 2. The molecule has 1 aromatic carbocycles. The van der Waals surface area contributed by atoms with Gasteiger partial charge in [-0.15, -0.1) is 0 Å². The summed E-state index contributed by atoms with van der Waals surface area (Å²) in [6.07, 6.45) is 3.37. The molecule has 2 aromatic heterocycles. The van der Waals surface area contributed by atoms with Crippen molar-refractivity contribution in [2.75, 3.05) is 18.0 Å². The van der Waals surface area contributed by atoms with Crippen molar-refractivity contribution >= 4 is 39.3 Å². The van der Waals surface area contributed by atoms with Gasteiger partial charge in [-0.25, -0.2) is 9.37 Å². The van der Waals surface area contributed by atoms with Crippen molar-refractivity contribution in [2.45, 2.75) is 44.7 Å². The Balaban J connectivity index is 1.84. The predicted molar refractivity (Wildman–Crippen MR) is 103 cm³/mol. The number of aromatic nitrogens is 2. The highest BCUT2D eigenvalue weighted by atomic mass is 35.5. The Hall–Kier alpha value is -2.12. The molecule has 27 heavy (non-hydrogen) atoms. The van der Waals surface area contributed by atoms with Gasteiger partial charge in [0.2, 0.25) is 0 Å². The molecule has 3 heterocycles. The number of nitrogens with zero attached hydrogens (tertiary/aromatic N) is 3. The lowest BCUT2D eigenvalue weighted by molar-refractivity contribution is 0.494. The maximum atomic E-state index is 15.1. The average molecular weight is 391 g/mol. The number of piperidine rings is 1. The lowest BCUT2D eigenvalue weighted by Crippen LogP contribution is -2.40. The second kappa shape index (κ2) is 5.94. The molecule has 2 aliphatic rings. The predicted octanol–water partition coefficient (Wildman–Crippen LogP) is 3.51.